The normalized spacial score (nSPS) is 17.8. The van der Waals surface area contributed by atoms with Gasteiger partial charge < -0.3 is 10.2 Å². The van der Waals surface area contributed by atoms with Crippen molar-refractivity contribution in [1.82, 2.24) is 10.2 Å². The molecule has 98 valence electrons. The van der Waals surface area contributed by atoms with Gasteiger partial charge in [0.25, 0.3) is 0 Å². The van der Waals surface area contributed by atoms with E-state index < -0.39 is 11.7 Å². The Labute approximate surface area is 98.7 Å². The van der Waals surface area contributed by atoms with Gasteiger partial charge in [0.15, 0.2) is 0 Å². The highest BCUT2D eigenvalue weighted by molar-refractivity contribution is 5.75. The molecule has 6 heteroatoms. The van der Waals surface area contributed by atoms with Crippen molar-refractivity contribution in [3.63, 3.8) is 0 Å². The van der Waals surface area contributed by atoms with Gasteiger partial charge in [0.1, 0.15) is 0 Å². The van der Waals surface area contributed by atoms with E-state index in [-0.39, 0.29) is 31.1 Å². The summed E-state index contributed by atoms with van der Waals surface area (Å²) in [6.07, 6.45) is -3.33. The Hall–Kier alpha value is -1.20. The second-order valence-corrected chi connectivity index (χ2v) is 5.10. The summed E-state index contributed by atoms with van der Waals surface area (Å²) in [6.45, 7) is 5.59. The van der Waals surface area contributed by atoms with Crippen LogP contribution in [0.1, 0.15) is 27.2 Å². The third kappa shape index (κ3) is 4.28. The van der Waals surface area contributed by atoms with Crippen molar-refractivity contribution in [2.24, 2.45) is 0 Å². The zero-order chi connectivity index (χ0) is 13.3. The van der Waals surface area contributed by atoms with Gasteiger partial charge in [-0.2, -0.15) is 13.2 Å². The van der Waals surface area contributed by atoms with Gasteiger partial charge in [0.2, 0.25) is 0 Å². The molecule has 1 aliphatic heterocycles. The van der Waals surface area contributed by atoms with Crippen LogP contribution in [0.4, 0.5) is 18.0 Å². The number of nitrogens with zero attached hydrogens (tertiary/aromatic N) is 1. The molecule has 1 heterocycles. The van der Waals surface area contributed by atoms with E-state index in [4.69, 9.17) is 0 Å². The summed E-state index contributed by atoms with van der Waals surface area (Å²) < 4.78 is 37.1. The number of rotatable bonds is 0. The highest BCUT2D eigenvalue weighted by atomic mass is 19.4. The average Bonchev–Trinajstić information content (AvgIpc) is 2.14. The molecule has 0 unspecified atom stereocenters. The van der Waals surface area contributed by atoms with Crippen LogP contribution in [0.5, 0.6) is 0 Å². The van der Waals surface area contributed by atoms with Crippen molar-refractivity contribution in [2.75, 3.05) is 13.1 Å². The molecule has 0 bridgehead atoms. The lowest BCUT2D eigenvalue weighted by molar-refractivity contribution is -0.0956. The molecule has 1 N–H and O–H groups in total. The molecule has 2 amide bonds. The van der Waals surface area contributed by atoms with E-state index in [1.54, 1.807) is 0 Å². The highest BCUT2D eigenvalue weighted by Gasteiger charge is 2.35. The van der Waals surface area contributed by atoms with Crippen molar-refractivity contribution in [2.45, 2.75) is 38.9 Å². The van der Waals surface area contributed by atoms with Gasteiger partial charge in [-0.3, -0.25) is 0 Å². The van der Waals surface area contributed by atoms with Crippen molar-refractivity contribution in [1.29, 1.82) is 0 Å². The number of carbonyl (C=O) groups is 1. The molecule has 0 aromatic heterocycles. The Bertz CT molecular complexity index is 329. The number of nitrogens with one attached hydrogen (secondary N) is 1. The first-order chi connectivity index (χ1) is 7.59. The van der Waals surface area contributed by atoms with Gasteiger partial charge in [-0.15, -0.1) is 0 Å². The third-order valence-corrected chi connectivity index (χ3v) is 2.34. The Kier molecular flexibility index (Phi) is 3.74. The lowest BCUT2D eigenvalue weighted by Gasteiger charge is -2.30. The molecule has 0 atom stereocenters. The topological polar surface area (TPSA) is 32.3 Å². The predicted molar refractivity (Wildman–Crippen MR) is 58.6 cm³/mol. The van der Waals surface area contributed by atoms with Gasteiger partial charge in [-0.1, -0.05) is 6.08 Å². The quantitative estimate of drug-likeness (QED) is 0.659. The van der Waals surface area contributed by atoms with Crippen LogP contribution < -0.4 is 5.32 Å². The van der Waals surface area contributed by atoms with Gasteiger partial charge in [-0.25, -0.2) is 4.79 Å². The monoisotopic (exact) mass is 250 g/mol. The predicted octanol–water partition coefficient (Wildman–Crippen LogP) is 2.69. The van der Waals surface area contributed by atoms with Crippen LogP contribution in [0.25, 0.3) is 0 Å². The van der Waals surface area contributed by atoms with E-state index in [1.165, 1.54) is 4.90 Å². The van der Waals surface area contributed by atoms with Crippen molar-refractivity contribution in [3.8, 4) is 0 Å². The van der Waals surface area contributed by atoms with E-state index in [0.29, 0.717) is 0 Å². The number of alkyl halides is 3. The molecule has 1 rings (SSSR count). The van der Waals surface area contributed by atoms with E-state index in [2.05, 4.69) is 5.32 Å². The zero-order valence-electron chi connectivity index (χ0n) is 10.2. The largest absolute Gasteiger partial charge is 0.412 e. The van der Waals surface area contributed by atoms with Crippen LogP contribution in [0.2, 0.25) is 0 Å². The van der Waals surface area contributed by atoms with Crippen LogP contribution in [0, 0.1) is 0 Å². The first-order valence-electron chi connectivity index (χ1n) is 5.43. The maximum Gasteiger partial charge on any atom is 0.412 e. The summed E-state index contributed by atoms with van der Waals surface area (Å²) in [5, 5.41) is 2.72. The fourth-order valence-electron chi connectivity index (χ4n) is 1.51. The number of carbonyl (C=O) groups excluding carboxylic acids is 1. The first-order valence-corrected chi connectivity index (χ1v) is 5.43. The van der Waals surface area contributed by atoms with Gasteiger partial charge in [-0.05, 0) is 27.2 Å². The number of amides is 2. The molecule has 0 aromatic carbocycles. The molecule has 17 heavy (non-hydrogen) atoms. The Balaban J connectivity index is 2.58. The number of hydrogen-bond donors (Lipinski definition) is 1. The smallest absolute Gasteiger partial charge is 0.333 e. The second kappa shape index (κ2) is 4.58. The number of halogens is 3. The maximum atomic E-state index is 12.4. The summed E-state index contributed by atoms with van der Waals surface area (Å²) in [7, 11) is 0. The molecule has 0 radical (unpaired) electrons. The van der Waals surface area contributed by atoms with E-state index in [1.807, 2.05) is 20.8 Å². The summed E-state index contributed by atoms with van der Waals surface area (Å²) in [5.74, 6) is 0. The van der Waals surface area contributed by atoms with Crippen molar-refractivity contribution < 1.29 is 18.0 Å². The van der Waals surface area contributed by atoms with Crippen LogP contribution in [0.15, 0.2) is 11.6 Å². The van der Waals surface area contributed by atoms with Crippen LogP contribution in [-0.4, -0.2) is 35.7 Å². The standard InChI is InChI=1S/C11H17F3N2O/c1-10(2,3)15-9(17)16-6-4-8(5-7-16)11(12,13)14/h4H,5-7H2,1-3H3,(H,15,17). The molecule has 0 aliphatic carbocycles. The minimum absolute atomic E-state index is 0.0107. The van der Waals surface area contributed by atoms with Crippen LogP contribution >= 0.6 is 0 Å². The molecule has 0 saturated heterocycles. The van der Waals surface area contributed by atoms with E-state index >= 15 is 0 Å². The highest BCUT2D eigenvalue weighted by Crippen LogP contribution is 2.30. The lowest BCUT2D eigenvalue weighted by Crippen LogP contribution is -2.50. The van der Waals surface area contributed by atoms with Crippen molar-refractivity contribution in [3.05, 3.63) is 11.6 Å². The molecule has 0 spiro atoms. The van der Waals surface area contributed by atoms with Gasteiger partial charge in [0, 0.05) is 24.2 Å². The Morgan fingerprint density at radius 2 is 1.94 bits per heavy atom. The van der Waals surface area contributed by atoms with E-state index in [9.17, 15) is 18.0 Å². The second-order valence-electron chi connectivity index (χ2n) is 5.10. The maximum absolute atomic E-state index is 12.4. The summed E-state index contributed by atoms with van der Waals surface area (Å²) >= 11 is 0. The first kappa shape index (κ1) is 13.9. The SMILES string of the molecule is CC(C)(C)NC(=O)N1CC=C(C(F)(F)F)CC1. The fraction of sp³-hybridized carbons (Fsp3) is 0.727. The lowest BCUT2D eigenvalue weighted by atomic mass is 10.1. The molecule has 3 nitrogen and oxygen atoms in total. The van der Waals surface area contributed by atoms with Gasteiger partial charge in [0.05, 0.1) is 0 Å². The molecule has 1 aliphatic rings. The van der Waals surface area contributed by atoms with Crippen molar-refractivity contribution >= 4 is 6.03 Å². The zero-order valence-corrected chi connectivity index (χ0v) is 10.2. The number of hydrogen-bond acceptors (Lipinski definition) is 1. The third-order valence-electron chi connectivity index (χ3n) is 2.34. The molecule has 0 saturated carbocycles. The summed E-state index contributed by atoms with van der Waals surface area (Å²) in [5.41, 5.74) is -0.928. The average molecular weight is 250 g/mol. The van der Waals surface area contributed by atoms with Crippen LogP contribution in [0.3, 0.4) is 0 Å². The molecular weight excluding hydrogens is 233 g/mol. The number of urea groups is 1. The minimum Gasteiger partial charge on any atom is -0.333 e. The molecular formula is C11H17F3N2O. The summed E-state index contributed by atoms with van der Waals surface area (Å²) in [6, 6.07) is -0.324. The molecule has 0 aromatic rings. The minimum atomic E-state index is -4.27. The van der Waals surface area contributed by atoms with Crippen LogP contribution in [-0.2, 0) is 0 Å². The molecule has 0 fully saturated rings. The Morgan fingerprint density at radius 1 is 1.35 bits per heavy atom. The summed E-state index contributed by atoms with van der Waals surface area (Å²) in [4.78, 5) is 13.0. The Morgan fingerprint density at radius 3 is 2.29 bits per heavy atom. The fourth-order valence-corrected chi connectivity index (χ4v) is 1.51. The van der Waals surface area contributed by atoms with E-state index in [0.717, 1.165) is 6.08 Å². The van der Waals surface area contributed by atoms with Gasteiger partial charge >= 0.3 is 12.2 Å².